The quantitative estimate of drug-likeness (QED) is 0.783. The molecule has 0 bridgehead atoms. The summed E-state index contributed by atoms with van der Waals surface area (Å²) in [6.07, 6.45) is -2.28. The normalized spacial score (nSPS) is 14.0. The van der Waals surface area contributed by atoms with Crippen LogP contribution in [0.2, 0.25) is 0 Å². The minimum absolute atomic E-state index is 0.117. The minimum atomic E-state index is -4.03. The van der Waals surface area contributed by atoms with Crippen molar-refractivity contribution >= 4 is 11.3 Å². The Morgan fingerprint density at radius 2 is 2.19 bits per heavy atom. The lowest BCUT2D eigenvalue weighted by molar-refractivity contribution is -0.135. The number of nitrogens with one attached hydrogen (secondary N) is 1. The molecule has 1 aromatic heterocycles. The number of nitrogens with zero attached hydrogens (tertiary/aromatic N) is 1. The second kappa shape index (κ2) is 6.20. The first-order chi connectivity index (χ1) is 7.49. The van der Waals surface area contributed by atoms with E-state index in [9.17, 15) is 13.2 Å². The van der Waals surface area contributed by atoms with Gasteiger partial charge in [0.05, 0.1) is 6.04 Å². The van der Waals surface area contributed by atoms with Crippen LogP contribution in [0.15, 0.2) is 11.6 Å². The lowest BCUT2D eigenvalue weighted by atomic mass is 10.2. The second-order valence-electron chi connectivity index (χ2n) is 3.62. The zero-order valence-electron chi connectivity index (χ0n) is 9.05. The first-order valence-electron chi connectivity index (χ1n) is 5.18. The summed E-state index contributed by atoms with van der Waals surface area (Å²) in [6, 6.07) is 0.117. The highest BCUT2D eigenvalue weighted by Crippen LogP contribution is 2.22. The van der Waals surface area contributed by atoms with Crippen LogP contribution in [0.1, 0.15) is 37.2 Å². The predicted octanol–water partition coefficient (Wildman–Crippen LogP) is 3.53. The van der Waals surface area contributed by atoms with Crippen LogP contribution in [-0.4, -0.2) is 17.7 Å². The molecule has 1 unspecified atom stereocenters. The SMILES string of the molecule is CC(NCCCCC(F)(F)F)c1nccs1. The molecular weight excluding hydrogens is 237 g/mol. The lowest BCUT2D eigenvalue weighted by Gasteiger charge is -2.11. The van der Waals surface area contributed by atoms with Gasteiger partial charge in [0.1, 0.15) is 5.01 Å². The molecule has 0 saturated carbocycles. The standard InChI is InChI=1S/C10H15F3N2S/c1-8(9-15-6-7-16-9)14-5-3-2-4-10(11,12)13/h6-8,14H,2-5H2,1H3. The smallest absolute Gasteiger partial charge is 0.308 e. The lowest BCUT2D eigenvalue weighted by Crippen LogP contribution is -2.20. The molecule has 1 atom stereocenters. The van der Waals surface area contributed by atoms with Crippen molar-refractivity contribution in [2.24, 2.45) is 0 Å². The summed E-state index contributed by atoms with van der Waals surface area (Å²) in [7, 11) is 0. The molecule has 1 aromatic rings. The maximum atomic E-state index is 11.8. The summed E-state index contributed by atoms with van der Waals surface area (Å²) in [5.41, 5.74) is 0. The van der Waals surface area contributed by atoms with Crippen LogP contribution < -0.4 is 5.32 Å². The zero-order valence-corrected chi connectivity index (χ0v) is 9.87. The zero-order chi connectivity index (χ0) is 12.0. The molecule has 1 heterocycles. The highest BCUT2D eigenvalue weighted by molar-refractivity contribution is 7.09. The maximum Gasteiger partial charge on any atom is 0.389 e. The molecule has 0 aromatic carbocycles. The topological polar surface area (TPSA) is 24.9 Å². The van der Waals surface area contributed by atoms with Gasteiger partial charge in [0, 0.05) is 18.0 Å². The third-order valence-electron chi connectivity index (χ3n) is 2.16. The van der Waals surface area contributed by atoms with E-state index in [2.05, 4.69) is 10.3 Å². The molecule has 0 aliphatic carbocycles. The van der Waals surface area contributed by atoms with Gasteiger partial charge in [-0.1, -0.05) is 0 Å². The fourth-order valence-electron chi connectivity index (χ4n) is 1.30. The third-order valence-corrected chi connectivity index (χ3v) is 3.12. The summed E-state index contributed by atoms with van der Waals surface area (Å²) in [4.78, 5) is 4.13. The fourth-order valence-corrected chi connectivity index (χ4v) is 1.97. The van der Waals surface area contributed by atoms with Crippen LogP contribution in [0.25, 0.3) is 0 Å². The van der Waals surface area contributed by atoms with Crippen molar-refractivity contribution in [3.05, 3.63) is 16.6 Å². The van der Waals surface area contributed by atoms with E-state index in [1.54, 1.807) is 17.5 Å². The number of halogens is 3. The van der Waals surface area contributed by atoms with Crippen LogP contribution in [0.3, 0.4) is 0 Å². The van der Waals surface area contributed by atoms with E-state index in [1.165, 1.54) is 0 Å². The molecule has 16 heavy (non-hydrogen) atoms. The van der Waals surface area contributed by atoms with Gasteiger partial charge in [0.2, 0.25) is 0 Å². The molecule has 6 heteroatoms. The number of rotatable bonds is 6. The van der Waals surface area contributed by atoms with Crippen LogP contribution in [0.4, 0.5) is 13.2 Å². The molecular formula is C10H15F3N2S. The monoisotopic (exact) mass is 252 g/mol. The van der Waals surface area contributed by atoms with E-state index >= 15 is 0 Å². The molecule has 0 fully saturated rings. The van der Waals surface area contributed by atoms with Crippen LogP contribution >= 0.6 is 11.3 Å². The van der Waals surface area contributed by atoms with Gasteiger partial charge in [-0.25, -0.2) is 4.98 Å². The number of unbranched alkanes of at least 4 members (excludes halogenated alkanes) is 1. The van der Waals surface area contributed by atoms with Crippen molar-refractivity contribution in [1.82, 2.24) is 10.3 Å². The van der Waals surface area contributed by atoms with Gasteiger partial charge in [-0.3, -0.25) is 0 Å². The Morgan fingerprint density at radius 1 is 1.44 bits per heavy atom. The maximum absolute atomic E-state index is 11.8. The molecule has 1 rings (SSSR count). The van der Waals surface area contributed by atoms with Gasteiger partial charge >= 0.3 is 6.18 Å². The van der Waals surface area contributed by atoms with Crippen LogP contribution in [0.5, 0.6) is 0 Å². The Hall–Kier alpha value is -0.620. The second-order valence-corrected chi connectivity index (χ2v) is 4.54. The van der Waals surface area contributed by atoms with Crippen LogP contribution in [-0.2, 0) is 0 Å². The van der Waals surface area contributed by atoms with Gasteiger partial charge < -0.3 is 5.32 Å². The average Bonchev–Trinajstić information content (AvgIpc) is 2.67. The third kappa shape index (κ3) is 5.46. The largest absolute Gasteiger partial charge is 0.389 e. The predicted molar refractivity (Wildman–Crippen MR) is 58.4 cm³/mol. The highest BCUT2D eigenvalue weighted by Gasteiger charge is 2.25. The van der Waals surface area contributed by atoms with Gasteiger partial charge in [-0.15, -0.1) is 11.3 Å². The number of hydrogen-bond acceptors (Lipinski definition) is 3. The van der Waals surface area contributed by atoms with Crippen molar-refractivity contribution in [2.45, 2.75) is 38.4 Å². The highest BCUT2D eigenvalue weighted by atomic mass is 32.1. The van der Waals surface area contributed by atoms with E-state index < -0.39 is 12.6 Å². The first-order valence-corrected chi connectivity index (χ1v) is 6.06. The summed E-state index contributed by atoms with van der Waals surface area (Å²) in [5, 5.41) is 6.01. The van der Waals surface area contributed by atoms with Gasteiger partial charge in [0.25, 0.3) is 0 Å². The molecule has 1 N–H and O–H groups in total. The number of thiazole rings is 1. The molecule has 0 radical (unpaired) electrons. The van der Waals surface area contributed by atoms with Crippen molar-refractivity contribution in [3.63, 3.8) is 0 Å². The van der Waals surface area contributed by atoms with E-state index in [1.807, 2.05) is 12.3 Å². The van der Waals surface area contributed by atoms with Gasteiger partial charge in [-0.05, 0) is 26.3 Å². The van der Waals surface area contributed by atoms with Crippen molar-refractivity contribution in [1.29, 1.82) is 0 Å². The molecule has 0 spiro atoms. The number of hydrogen-bond donors (Lipinski definition) is 1. The number of alkyl halides is 3. The molecule has 0 aliphatic heterocycles. The van der Waals surface area contributed by atoms with Gasteiger partial charge in [-0.2, -0.15) is 13.2 Å². The van der Waals surface area contributed by atoms with Gasteiger partial charge in [0.15, 0.2) is 0 Å². The van der Waals surface area contributed by atoms with E-state index in [0.717, 1.165) is 5.01 Å². The summed E-state index contributed by atoms with van der Waals surface area (Å²) in [6.45, 7) is 2.55. The molecule has 2 nitrogen and oxygen atoms in total. The van der Waals surface area contributed by atoms with E-state index in [0.29, 0.717) is 13.0 Å². The first kappa shape index (κ1) is 13.4. The Balaban J connectivity index is 2.08. The van der Waals surface area contributed by atoms with E-state index in [4.69, 9.17) is 0 Å². The van der Waals surface area contributed by atoms with E-state index in [-0.39, 0.29) is 12.5 Å². The average molecular weight is 252 g/mol. The summed E-state index contributed by atoms with van der Waals surface area (Å²) < 4.78 is 35.5. The molecule has 0 saturated heterocycles. The van der Waals surface area contributed by atoms with Crippen molar-refractivity contribution < 1.29 is 13.2 Å². The Labute approximate surface area is 96.9 Å². The number of aromatic nitrogens is 1. The summed E-state index contributed by atoms with van der Waals surface area (Å²) >= 11 is 1.55. The summed E-state index contributed by atoms with van der Waals surface area (Å²) in [5.74, 6) is 0. The Bertz CT molecular complexity index is 285. The Kier molecular flexibility index (Phi) is 5.21. The Morgan fingerprint density at radius 3 is 2.75 bits per heavy atom. The molecule has 92 valence electrons. The van der Waals surface area contributed by atoms with Crippen LogP contribution in [0, 0.1) is 0 Å². The fraction of sp³-hybridized carbons (Fsp3) is 0.700. The van der Waals surface area contributed by atoms with Crippen molar-refractivity contribution in [3.8, 4) is 0 Å². The molecule has 0 aliphatic rings. The van der Waals surface area contributed by atoms with Crippen molar-refractivity contribution in [2.75, 3.05) is 6.54 Å². The minimum Gasteiger partial charge on any atom is -0.308 e. The molecule has 0 amide bonds.